The number of nitrogens with zero attached hydrogens (tertiary/aromatic N) is 1. The molecule has 2 nitrogen and oxygen atoms in total. The Bertz CT molecular complexity index is 272. The summed E-state index contributed by atoms with van der Waals surface area (Å²) in [4.78, 5) is 13.1. The SMILES string of the molecule is O=CC1CCN(CC2=CCCC=C2)CC1. The summed E-state index contributed by atoms with van der Waals surface area (Å²) in [5.41, 5.74) is 1.45. The van der Waals surface area contributed by atoms with E-state index in [4.69, 9.17) is 0 Å². The van der Waals surface area contributed by atoms with Gasteiger partial charge >= 0.3 is 0 Å². The first-order valence-electron chi connectivity index (χ1n) is 5.91. The number of aldehydes is 1. The van der Waals surface area contributed by atoms with Crippen LogP contribution in [0.5, 0.6) is 0 Å². The van der Waals surface area contributed by atoms with Crippen molar-refractivity contribution in [2.75, 3.05) is 19.6 Å². The van der Waals surface area contributed by atoms with Crippen molar-refractivity contribution in [2.24, 2.45) is 5.92 Å². The predicted octanol–water partition coefficient (Wildman–Crippen LogP) is 2.17. The van der Waals surface area contributed by atoms with Gasteiger partial charge in [0.25, 0.3) is 0 Å². The lowest BCUT2D eigenvalue weighted by Crippen LogP contribution is -2.35. The minimum atomic E-state index is 0.317. The normalized spacial score (nSPS) is 23.9. The molecule has 0 aromatic rings. The Balaban J connectivity index is 1.79. The highest BCUT2D eigenvalue weighted by atomic mass is 16.1. The van der Waals surface area contributed by atoms with E-state index < -0.39 is 0 Å². The molecule has 0 spiro atoms. The van der Waals surface area contributed by atoms with Gasteiger partial charge in [-0.2, -0.15) is 0 Å². The molecule has 82 valence electrons. The molecule has 2 rings (SSSR count). The summed E-state index contributed by atoms with van der Waals surface area (Å²) in [5.74, 6) is 0.317. The lowest BCUT2D eigenvalue weighted by molar-refractivity contribution is -0.112. The standard InChI is InChI=1S/C13H19NO/c15-11-13-6-8-14(9-7-13)10-12-4-2-1-3-5-12/h2,4-5,11,13H,1,3,6-10H2. The Morgan fingerprint density at radius 3 is 2.73 bits per heavy atom. The highest BCUT2D eigenvalue weighted by molar-refractivity contribution is 5.53. The number of hydrogen-bond acceptors (Lipinski definition) is 2. The smallest absolute Gasteiger partial charge is 0.123 e. The van der Waals surface area contributed by atoms with Gasteiger partial charge in [0.1, 0.15) is 6.29 Å². The zero-order valence-corrected chi connectivity index (χ0v) is 9.19. The monoisotopic (exact) mass is 205 g/mol. The van der Waals surface area contributed by atoms with Crippen LogP contribution >= 0.6 is 0 Å². The summed E-state index contributed by atoms with van der Waals surface area (Å²) >= 11 is 0. The summed E-state index contributed by atoms with van der Waals surface area (Å²) in [6, 6.07) is 0. The number of piperidine rings is 1. The van der Waals surface area contributed by atoms with E-state index in [1.807, 2.05) is 0 Å². The molecule has 0 radical (unpaired) electrons. The molecular weight excluding hydrogens is 186 g/mol. The van der Waals surface area contributed by atoms with E-state index >= 15 is 0 Å². The molecule has 0 bridgehead atoms. The third-order valence-electron chi connectivity index (χ3n) is 3.30. The van der Waals surface area contributed by atoms with Crippen molar-refractivity contribution in [3.8, 4) is 0 Å². The summed E-state index contributed by atoms with van der Waals surface area (Å²) in [7, 11) is 0. The molecule has 0 amide bonds. The van der Waals surface area contributed by atoms with E-state index in [-0.39, 0.29) is 0 Å². The maximum atomic E-state index is 10.6. The molecule has 1 heterocycles. The van der Waals surface area contributed by atoms with Crippen LogP contribution in [0.15, 0.2) is 23.8 Å². The molecular formula is C13H19NO. The molecule has 2 heteroatoms. The summed E-state index contributed by atoms with van der Waals surface area (Å²) in [6.07, 6.45) is 12.4. The molecule has 0 aromatic carbocycles. The van der Waals surface area contributed by atoms with E-state index in [0.717, 1.165) is 38.8 Å². The lowest BCUT2D eigenvalue weighted by Gasteiger charge is -2.30. The van der Waals surface area contributed by atoms with Crippen LogP contribution in [0.3, 0.4) is 0 Å². The van der Waals surface area contributed by atoms with Gasteiger partial charge in [0.15, 0.2) is 0 Å². The third-order valence-corrected chi connectivity index (χ3v) is 3.30. The average Bonchev–Trinajstić information content (AvgIpc) is 2.31. The van der Waals surface area contributed by atoms with Crippen molar-refractivity contribution in [2.45, 2.75) is 25.7 Å². The van der Waals surface area contributed by atoms with Gasteiger partial charge in [-0.1, -0.05) is 18.2 Å². The Morgan fingerprint density at radius 1 is 1.33 bits per heavy atom. The van der Waals surface area contributed by atoms with Gasteiger partial charge in [0.05, 0.1) is 0 Å². The number of carbonyl (C=O) groups is 1. The number of carbonyl (C=O) groups excluding carboxylic acids is 1. The molecule has 0 aromatic heterocycles. The fourth-order valence-corrected chi connectivity index (χ4v) is 2.29. The Hall–Kier alpha value is -0.890. The van der Waals surface area contributed by atoms with Crippen LogP contribution in [0.4, 0.5) is 0 Å². The van der Waals surface area contributed by atoms with E-state index in [9.17, 15) is 4.79 Å². The van der Waals surface area contributed by atoms with Gasteiger partial charge in [-0.15, -0.1) is 0 Å². The first kappa shape index (κ1) is 10.6. The molecule has 1 aliphatic heterocycles. The number of allylic oxidation sites excluding steroid dienone is 2. The second-order valence-electron chi connectivity index (χ2n) is 4.51. The lowest BCUT2D eigenvalue weighted by atomic mass is 9.97. The Labute approximate surface area is 91.6 Å². The van der Waals surface area contributed by atoms with Crippen LogP contribution in [0.25, 0.3) is 0 Å². The van der Waals surface area contributed by atoms with E-state index in [0.29, 0.717) is 5.92 Å². The Kier molecular flexibility index (Phi) is 3.73. The minimum absolute atomic E-state index is 0.317. The topological polar surface area (TPSA) is 20.3 Å². The second kappa shape index (κ2) is 5.26. The van der Waals surface area contributed by atoms with Gasteiger partial charge in [-0.05, 0) is 44.3 Å². The zero-order chi connectivity index (χ0) is 10.5. The van der Waals surface area contributed by atoms with Gasteiger partial charge in [0.2, 0.25) is 0 Å². The van der Waals surface area contributed by atoms with E-state index in [1.54, 1.807) is 0 Å². The van der Waals surface area contributed by atoms with Gasteiger partial charge in [-0.25, -0.2) is 0 Å². The first-order valence-corrected chi connectivity index (χ1v) is 5.91. The minimum Gasteiger partial charge on any atom is -0.303 e. The van der Waals surface area contributed by atoms with Crippen LogP contribution in [0.1, 0.15) is 25.7 Å². The summed E-state index contributed by atoms with van der Waals surface area (Å²) in [6.45, 7) is 3.23. The zero-order valence-electron chi connectivity index (χ0n) is 9.19. The fourth-order valence-electron chi connectivity index (χ4n) is 2.29. The van der Waals surface area contributed by atoms with E-state index in [2.05, 4.69) is 23.1 Å². The molecule has 2 aliphatic rings. The number of hydrogen-bond donors (Lipinski definition) is 0. The van der Waals surface area contributed by atoms with Crippen molar-refractivity contribution in [1.29, 1.82) is 0 Å². The molecule has 0 saturated carbocycles. The maximum absolute atomic E-state index is 10.6. The van der Waals surface area contributed by atoms with Gasteiger partial charge in [-0.3, -0.25) is 4.90 Å². The van der Waals surface area contributed by atoms with Crippen molar-refractivity contribution in [1.82, 2.24) is 4.90 Å². The molecule has 1 fully saturated rings. The largest absolute Gasteiger partial charge is 0.303 e. The number of rotatable bonds is 3. The maximum Gasteiger partial charge on any atom is 0.123 e. The Morgan fingerprint density at radius 2 is 2.13 bits per heavy atom. The molecule has 1 aliphatic carbocycles. The highest BCUT2D eigenvalue weighted by Crippen LogP contribution is 2.17. The summed E-state index contributed by atoms with van der Waals surface area (Å²) < 4.78 is 0. The van der Waals surface area contributed by atoms with Crippen molar-refractivity contribution in [3.63, 3.8) is 0 Å². The van der Waals surface area contributed by atoms with Crippen molar-refractivity contribution in [3.05, 3.63) is 23.8 Å². The van der Waals surface area contributed by atoms with E-state index in [1.165, 1.54) is 18.4 Å². The molecule has 15 heavy (non-hydrogen) atoms. The highest BCUT2D eigenvalue weighted by Gasteiger charge is 2.18. The van der Waals surface area contributed by atoms with Crippen LogP contribution in [0.2, 0.25) is 0 Å². The quantitative estimate of drug-likeness (QED) is 0.658. The molecule has 0 atom stereocenters. The second-order valence-corrected chi connectivity index (χ2v) is 4.51. The van der Waals surface area contributed by atoms with Crippen LogP contribution < -0.4 is 0 Å². The van der Waals surface area contributed by atoms with Crippen LogP contribution in [-0.4, -0.2) is 30.8 Å². The summed E-state index contributed by atoms with van der Waals surface area (Å²) in [5, 5.41) is 0. The molecule has 1 saturated heterocycles. The third kappa shape index (κ3) is 3.03. The van der Waals surface area contributed by atoms with Crippen molar-refractivity contribution >= 4 is 6.29 Å². The van der Waals surface area contributed by atoms with Crippen LogP contribution in [0, 0.1) is 5.92 Å². The average molecular weight is 205 g/mol. The molecule has 0 N–H and O–H groups in total. The molecule has 0 unspecified atom stereocenters. The van der Waals surface area contributed by atoms with Crippen molar-refractivity contribution < 1.29 is 4.79 Å². The first-order chi connectivity index (χ1) is 7.38. The van der Waals surface area contributed by atoms with Gasteiger partial charge < -0.3 is 4.79 Å². The fraction of sp³-hybridized carbons (Fsp3) is 0.615. The van der Waals surface area contributed by atoms with Gasteiger partial charge in [0, 0.05) is 12.5 Å². The number of likely N-dealkylation sites (tertiary alicyclic amines) is 1. The predicted molar refractivity (Wildman–Crippen MR) is 61.7 cm³/mol. The van der Waals surface area contributed by atoms with Crippen LogP contribution in [-0.2, 0) is 4.79 Å².